The molecule has 0 saturated heterocycles. The summed E-state index contributed by atoms with van der Waals surface area (Å²) in [6.45, 7) is 6.72. The molecule has 0 spiro atoms. The molecule has 4 rings (SSSR count). The minimum absolute atomic E-state index is 0.0178. The molecule has 8 nitrogen and oxygen atoms in total. The lowest BCUT2D eigenvalue weighted by molar-refractivity contribution is -0.114. The number of hydrogen-bond donors (Lipinski definition) is 1. The van der Waals surface area contributed by atoms with Crippen molar-refractivity contribution in [2.75, 3.05) is 25.6 Å². The zero-order valence-electron chi connectivity index (χ0n) is 17.7. The van der Waals surface area contributed by atoms with Gasteiger partial charge in [0.25, 0.3) is 5.91 Å². The second-order valence-electron chi connectivity index (χ2n) is 7.81. The third-order valence-electron chi connectivity index (χ3n) is 5.52. The van der Waals surface area contributed by atoms with Gasteiger partial charge in [-0.05, 0) is 44.2 Å². The Kier molecular flexibility index (Phi) is 5.75. The highest BCUT2D eigenvalue weighted by molar-refractivity contribution is 7.19. The number of amides is 2. The lowest BCUT2D eigenvalue weighted by atomic mass is 10.1. The fraction of sp³-hybridized carbons (Fsp3) is 0.524. The average molecular weight is 431 g/mol. The molecule has 0 aromatic carbocycles. The summed E-state index contributed by atoms with van der Waals surface area (Å²) < 4.78 is 11.0. The SMILES string of the molecule is COCCOc1nc(-c2sc(NC(C)=O)nc2C)cc2c1C(=O)N(C(C)C1CC1)C2. The minimum atomic E-state index is -0.170. The molecule has 1 aliphatic heterocycles. The summed E-state index contributed by atoms with van der Waals surface area (Å²) in [6.07, 6.45) is 2.35. The van der Waals surface area contributed by atoms with E-state index in [1.54, 1.807) is 7.11 Å². The van der Waals surface area contributed by atoms with Gasteiger partial charge in [0, 0.05) is 26.6 Å². The Hall–Kier alpha value is -2.52. The molecule has 1 saturated carbocycles. The number of hydrogen-bond acceptors (Lipinski definition) is 7. The van der Waals surface area contributed by atoms with Crippen LogP contribution in [-0.4, -0.2) is 53.0 Å². The molecule has 9 heteroatoms. The number of ether oxygens (including phenoxy) is 2. The quantitative estimate of drug-likeness (QED) is 0.646. The molecule has 1 N–H and O–H groups in total. The van der Waals surface area contributed by atoms with Crippen LogP contribution in [0.25, 0.3) is 10.6 Å². The van der Waals surface area contributed by atoms with Crippen LogP contribution in [0.5, 0.6) is 5.88 Å². The van der Waals surface area contributed by atoms with Gasteiger partial charge in [-0.1, -0.05) is 11.3 Å². The largest absolute Gasteiger partial charge is 0.475 e. The van der Waals surface area contributed by atoms with Gasteiger partial charge < -0.3 is 19.7 Å². The van der Waals surface area contributed by atoms with E-state index in [4.69, 9.17) is 9.47 Å². The van der Waals surface area contributed by atoms with Gasteiger partial charge in [-0.3, -0.25) is 9.59 Å². The highest BCUT2D eigenvalue weighted by Gasteiger charge is 2.40. The highest BCUT2D eigenvalue weighted by atomic mass is 32.1. The molecule has 0 radical (unpaired) electrons. The van der Waals surface area contributed by atoms with Gasteiger partial charge in [-0.2, -0.15) is 0 Å². The fourth-order valence-corrected chi connectivity index (χ4v) is 4.74. The molecule has 0 bridgehead atoms. The second-order valence-corrected chi connectivity index (χ2v) is 8.81. The lowest BCUT2D eigenvalue weighted by Gasteiger charge is -2.23. The number of anilines is 1. The van der Waals surface area contributed by atoms with Gasteiger partial charge in [0.1, 0.15) is 12.2 Å². The number of thiazole rings is 1. The number of aromatic nitrogens is 2. The first-order chi connectivity index (χ1) is 14.4. The van der Waals surface area contributed by atoms with Crippen LogP contribution in [0.1, 0.15) is 48.3 Å². The summed E-state index contributed by atoms with van der Waals surface area (Å²) in [4.78, 5) is 36.4. The van der Waals surface area contributed by atoms with E-state index in [1.807, 2.05) is 17.9 Å². The van der Waals surface area contributed by atoms with Crippen molar-refractivity contribution in [2.45, 2.75) is 46.2 Å². The molecule has 2 amide bonds. The van der Waals surface area contributed by atoms with Crippen molar-refractivity contribution in [1.29, 1.82) is 0 Å². The van der Waals surface area contributed by atoms with E-state index in [0.29, 0.717) is 47.9 Å². The van der Waals surface area contributed by atoms with Crippen molar-refractivity contribution in [3.05, 3.63) is 22.9 Å². The monoisotopic (exact) mass is 430 g/mol. The Labute approximate surface area is 179 Å². The summed E-state index contributed by atoms with van der Waals surface area (Å²) in [7, 11) is 1.60. The van der Waals surface area contributed by atoms with Crippen LogP contribution in [0.2, 0.25) is 0 Å². The topological polar surface area (TPSA) is 93.6 Å². The number of nitrogens with zero attached hydrogens (tertiary/aromatic N) is 3. The number of aryl methyl sites for hydroxylation is 1. The minimum Gasteiger partial charge on any atom is -0.475 e. The average Bonchev–Trinajstić information content (AvgIpc) is 3.40. The van der Waals surface area contributed by atoms with E-state index in [1.165, 1.54) is 31.1 Å². The van der Waals surface area contributed by atoms with Gasteiger partial charge in [0.15, 0.2) is 5.13 Å². The van der Waals surface area contributed by atoms with Crippen LogP contribution < -0.4 is 10.1 Å². The Morgan fingerprint density at radius 3 is 2.80 bits per heavy atom. The van der Waals surface area contributed by atoms with Crippen molar-refractivity contribution in [1.82, 2.24) is 14.9 Å². The summed E-state index contributed by atoms with van der Waals surface area (Å²) >= 11 is 1.36. The number of nitrogens with one attached hydrogen (secondary N) is 1. The maximum Gasteiger partial charge on any atom is 0.260 e. The molecule has 30 heavy (non-hydrogen) atoms. The Morgan fingerprint density at radius 2 is 2.13 bits per heavy atom. The van der Waals surface area contributed by atoms with Gasteiger partial charge in [0.2, 0.25) is 11.8 Å². The van der Waals surface area contributed by atoms with Crippen LogP contribution in [0.3, 0.4) is 0 Å². The van der Waals surface area contributed by atoms with Gasteiger partial charge in [0.05, 0.1) is 22.9 Å². The number of carbonyl (C=O) groups excluding carboxylic acids is 2. The van der Waals surface area contributed by atoms with Crippen LogP contribution in [-0.2, 0) is 16.1 Å². The number of carbonyl (C=O) groups is 2. The van der Waals surface area contributed by atoms with E-state index in [2.05, 4.69) is 22.2 Å². The van der Waals surface area contributed by atoms with Crippen LogP contribution in [0, 0.1) is 12.8 Å². The van der Waals surface area contributed by atoms with Gasteiger partial charge in [-0.15, -0.1) is 0 Å². The van der Waals surface area contributed by atoms with Gasteiger partial charge in [-0.25, -0.2) is 9.97 Å². The van der Waals surface area contributed by atoms with Crippen LogP contribution in [0.15, 0.2) is 6.07 Å². The molecule has 160 valence electrons. The molecule has 2 aromatic rings. The molecule has 1 fully saturated rings. The third kappa shape index (κ3) is 4.04. The first kappa shape index (κ1) is 20.7. The summed E-state index contributed by atoms with van der Waals surface area (Å²) in [5.74, 6) is 0.730. The fourth-order valence-electron chi connectivity index (χ4n) is 3.77. The standard InChI is InChI=1S/C21H26N4O4S/c1-11-18(30-21(22-11)23-13(3)26)16-9-15-10-25(12(2)14-5-6-14)20(27)17(15)19(24-16)29-8-7-28-4/h9,12,14H,5-8,10H2,1-4H3,(H,22,23,26). The van der Waals surface area contributed by atoms with Gasteiger partial charge >= 0.3 is 0 Å². The first-order valence-corrected chi connectivity index (χ1v) is 10.9. The predicted octanol–water partition coefficient (Wildman–Crippen LogP) is 3.25. The molecule has 2 aromatic heterocycles. The van der Waals surface area contributed by atoms with Crippen molar-refractivity contribution < 1.29 is 19.1 Å². The van der Waals surface area contributed by atoms with E-state index < -0.39 is 0 Å². The zero-order valence-corrected chi connectivity index (χ0v) is 18.5. The molecular weight excluding hydrogens is 404 g/mol. The molecule has 2 aliphatic rings. The lowest BCUT2D eigenvalue weighted by Crippen LogP contribution is -2.34. The van der Waals surface area contributed by atoms with E-state index in [0.717, 1.165) is 16.1 Å². The number of rotatable bonds is 8. The molecule has 1 unspecified atom stereocenters. The van der Waals surface area contributed by atoms with Crippen LogP contribution in [0.4, 0.5) is 5.13 Å². The molecule has 1 atom stereocenters. The Morgan fingerprint density at radius 1 is 1.37 bits per heavy atom. The van der Waals surface area contributed by atoms with Crippen molar-refractivity contribution in [3.63, 3.8) is 0 Å². The van der Waals surface area contributed by atoms with E-state index in [-0.39, 0.29) is 17.9 Å². The van der Waals surface area contributed by atoms with E-state index >= 15 is 0 Å². The third-order valence-corrected chi connectivity index (χ3v) is 6.61. The second kappa shape index (κ2) is 8.31. The smallest absolute Gasteiger partial charge is 0.260 e. The van der Waals surface area contributed by atoms with Crippen molar-refractivity contribution in [3.8, 4) is 16.5 Å². The van der Waals surface area contributed by atoms with Crippen molar-refractivity contribution in [2.24, 2.45) is 5.92 Å². The maximum absolute atomic E-state index is 13.2. The highest BCUT2D eigenvalue weighted by Crippen LogP contribution is 2.41. The molecule has 3 heterocycles. The molecule has 1 aliphatic carbocycles. The van der Waals surface area contributed by atoms with Crippen LogP contribution >= 0.6 is 11.3 Å². The number of fused-ring (bicyclic) bond motifs is 1. The first-order valence-electron chi connectivity index (χ1n) is 10.1. The number of methoxy groups -OCH3 is 1. The number of pyridine rings is 1. The predicted molar refractivity (Wildman–Crippen MR) is 114 cm³/mol. The Bertz CT molecular complexity index is 986. The summed E-state index contributed by atoms with van der Waals surface area (Å²) in [6, 6.07) is 2.16. The zero-order chi connectivity index (χ0) is 21.4. The summed E-state index contributed by atoms with van der Waals surface area (Å²) in [5.41, 5.74) is 2.93. The van der Waals surface area contributed by atoms with Crippen molar-refractivity contribution >= 4 is 28.3 Å². The summed E-state index contributed by atoms with van der Waals surface area (Å²) in [5, 5.41) is 3.25. The normalized spacial score (nSPS) is 16.5. The Balaban J connectivity index is 1.71. The van der Waals surface area contributed by atoms with E-state index in [9.17, 15) is 9.59 Å². The maximum atomic E-state index is 13.2. The molecular formula is C21H26N4O4S.